The first-order valence-electron chi connectivity index (χ1n) is 7.24. The minimum Gasteiger partial charge on any atom is -0.480 e. The summed E-state index contributed by atoms with van der Waals surface area (Å²) < 4.78 is 0. The van der Waals surface area contributed by atoms with Crippen LogP contribution >= 0.6 is 0 Å². The van der Waals surface area contributed by atoms with Crippen molar-refractivity contribution in [2.75, 3.05) is 13.1 Å². The minimum absolute atomic E-state index is 0.208. The fourth-order valence-corrected chi connectivity index (χ4v) is 3.24. The number of nitrogens with zero attached hydrogens (tertiary/aromatic N) is 1. The first kappa shape index (κ1) is 15.5. The van der Waals surface area contributed by atoms with Crippen molar-refractivity contribution in [3.63, 3.8) is 0 Å². The Bertz CT molecular complexity index is 448. The predicted octanol–water partition coefficient (Wildman–Crippen LogP) is 0.287. The second-order valence-corrected chi connectivity index (χ2v) is 5.96. The number of aliphatic carboxylic acids is 1. The van der Waals surface area contributed by atoms with Crippen LogP contribution in [0, 0.1) is 5.41 Å². The van der Waals surface area contributed by atoms with Crippen molar-refractivity contribution in [2.45, 2.75) is 44.9 Å². The highest BCUT2D eigenvalue weighted by molar-refractivity contribution is 6.01. The topological polar surface area (TPSA) is 104 Å². The maximum Gasteiger partial charge on any atom is 0.322 e. The lowest BCUT2D eigenvalue weighted by Crippen LogP contribution is -2.52. The highest BCUT2D eigenvalue weighted by Gasteiger charge is 2.44. The van der Waals surface area contributed by atoms with E-state index in [-0.39, 0.29) is 23.8 Å². The average molecular weight is 296 g/mol. The van der Waals surface area contributed by atoms with Crippen molar-refractivity contribution in [1.82, 2.24) is 10.2 Å². The number of likely N-dealkylation sites (tertiary alicyclic amines) is 1. The van der Waals surface area contributed by atoms with Gasteiger partial charge in [0.25, 0.3) is 0 Å². The van der Waals surface area contributed by atoms with Crippen LogP contribution in [0.1, 0.15) is 44.9 Å². The number of hydrogen-bond donors (Lipinski definition) is 2. The molecule has 2 fully saturated rings. The van der Waals surface area contributed by atoms with Gasteiger partial charge in [-0.3, -0.25) is 24.1 Å². The molecule has 0 aromatic rings. The molecule has 0 atom stereocenters. The molecule has 1 saturated heterocycles. The molecule has 0 radical (unpaired) electrons. The Labute approximate surface area is 122 Å². The maximum atomic E-state index is 12.2. The van der Waals surface area contributed by atoms with Crippen LogP contribution in [0.15, 0.2) is 0 Å². The number of carboxylic acid groups (broad SMARTS) is 1. The third-order valence-corrected chi connectivity index (χ3v) is 4.31. The third kappa shape index (κ3) is 3.80. The van der Waals surface area contributed by atoms with Gasteiger partial charge in [-0.2, -0.15) is 0 Å². The fourth-order valence-electron chi connectivity index (χ4n) is 3.24. The highest BCUT2D eigenvalue weighted by Crippen LogP contribution is 2.45. The van der Waals surface area contributed by atoms with Crippen LogP contribution in [0.3, 0.4) is 0 Å². The Hall–Kier alpha value is -1.92. The summed E-state index contributed by atoms with van der Waals surface area (Å²) in [4.78, 5) is 47.2. The van der Waals surface area contributed by atoms with Crippen molar-refractivity contribution >= 4 is 23.7 Å². The predicted molar refractivity (Wildman–Crippen MR) is 72.1 cm³/mol. The lowest BCUT2D eigenvalue weighted by atomic mass is 9.67. The van der Waals surface area contributed by atoms with Gasteiger partial charge in [0.15, 0.2) is 0 Å². The smallest absolute Gasteiger partial charge is 0.322 e. The van der Waals surface area contributed by atoms with E-state index in [9.17, 15) is 19.2 Å². The quantitative estimate of drug-likeness (QED) is 0.725. The largest absolute Gasteiger partial charge is 0.480 e. The first-order valence-corrected chi connectivity index (χ1v) is 7.24. The molecule has 1 aliphatic carbocycles. The maximum absolute atomic E-state index is 12.2. The van der Waals surface area contributed by atoms with Crippen molar-refractivity contribution < 1.29 is 24.3 Å². The Morgan fingerprint density at radius 2 is 1.67 bits per heavy atom. The zero-order valence-electron chi connectivity index (χ0n) is 11.9. The molecule has 21 heavy (non-hydrogen) atoms. The lowest BCUT2D eigenvalue weighted by Gasteiger charge is -2.42. The first-order chi connectivity index (χ1) is 9.92. The van der Waals surface area contributed by atoms with Gasteiger partial charge >= 0.3 is 5.97 Å². The monoisotopic (exact) mass is 296 g/mol. The van der Waals surface area contributed by atoms with Crippen LogP contribution in [-0.4, -0.2) is 46.8 Å². The van der Waals surface area contributed by atoms with E-state index in [0.717, 1.165) is 37.0 Å². The standard InChI is InChI=1S/C14H20N2O5/c17-10(15-8-13(20)21)9-16-11(18)6-14(7-12(16)19)4-2-1-3-5-14/h1-9H2,(H,15,17)(H,20,21). The number of nitrogens with one attached hydrogen (secondary N) is 1. The zero-order chi connectivity index (χ0) is 15.5. The van der Waals surface area contributed by atoms with Gasteiger partial charge in [0.05, 0.1) is 0 Å². The van der Waals surface area contributed by atoms with E-state index in [0.29, 0.717) is 12.8 Å². The van der Waals surface area contributed by atoms with E-state index in [2.05, 4.69) is 5.32 Å². The van der Waals surface area contributed by atoms with Crippen LogP contribution in [0.4, 0.5) is 0 Å². The molecule has 0 unspecified atom stereocenters. The summed E-state index contributed by atoms with van der Waals surface area (Å²) in [6.45, 7) is -0.903. The van der Waals surface area contributed by atoms with Crippen LogP contribution in [0.5, 0.6) is 0 Å². The van der Waals surface area contributed by atoms with Gasteiger partial charge in [0.1, 0.15) is 13.1 Å². The molecule has 1 aliphatic heterocycles. The molecular weight excluding hydrogens is 276 g/mol. The number of hydrogen-bond acceptors (Lipinski definition) is 4. The van der Waals surface area contributed by atoms with E-state index in [1.54, 1.807) is 0 Å². The number of amides is 3. The highest BCUT2D eigenvalue weighted by atomic mass is 16.4. The SMILES string of the molecule is O=C(O)CNC(=O)CN1C(=O)CC2(CCCCC2)CC1=O. The molecule has 2 N–H and O–H groups in total. The van der Waals surface area contributed by atoms with Crippen molar-refractivity contribution in [2.24, 2.45) is 5.41 Å². The summed E-state index contributed by atoms with van der Waals surface area (Å²) in [5.41, 5.74) is -0.208. The van der Waals surface area contributed by atoms with E-state index in [1.807, 2.05) is 0 Å². The van der Waals surface area contributed by atoms with E-state index < -0.39 is 18.4 Å². The number of carbonyl (C=O) groups excluding carboxylic acids is 3. The summed E-state index contributed by atoms with van der Waals surface area (Å²) in [5, 5.41) is 10.6. The third-order valence-electron chi connectivity index (χ3n) is 4.31. The van der Waals surface area contributed by atoms with Crippen molar-refractivity contribution in [3.8, 4) is 0 Å². The van der Waals surface area contributed by atoms with Crippen LogP contribution in [-0.2, 0) is 19.2 Å². The summed E-state index contributed by atoms with van der Waals surface area (Å²) in [5.74, 6) is -2.43. The van der Waals surface area contributed by atoms with Gasteiger partial charge in [-0.25, -0.2) is 0 Å². The second kappa shape index (κ2) is 6.24. The summed E-state index contributed by atoms with van der Waals surface area (Å²) >= 11 is 0. The normalized spacial score (nSPS) is 21.4. The van der Waals surface area contributed by atoms with Gasteiger partial charge in [0, 0.05) is 12.8 Å². The molecule has 1 saturated carbocycles. The van der Waals surface area contributed by atoms with E-state index >= 15 is 0 Å². The Morgan fingerprint density at radius 3 is 2.19 bits per heavy atom. The molecule has 0 bridgehead atoms. The number of rotatable bonds is 4. The summed E-state index contributed by atoms with van der Waals surface area (Å²) in [6, 6.07) is 0. The van der Waals surface area contributed by atoms with Gasteiger partial charge in [-0.15, -0.1) is 0 Å². The van der Waals surface area contributed by atoms with Gasteiger partial charge in [0.2, 0.25) is 17.7 Å². The summed E-state index contributed by atoms with van der Waals surface area (Å²) in [7, 11) is 0. The van der Waals surface area contributed by atoms with Crippen molar-refractivity contribution in [1.29, 1.82) is 0 Å². The van der Waals surface area contributed by atoms with E-state index in [4.69, 9.17) is 5.11 Å². The molecule has 1 spiro atoms. The second-order valence-electron chi connectivity index (χ2n) is 5.96. The average Bonchev–Trinajstić information content (AvgIpc) is 2.41. The van der Waals surface area contributed by atoms with Gasteiger partial charge < -0.3 is 10.4 Å². The van der Waals surface area contributed by atoms with Crippen LogP contribution in [0.2, 0.25) is 0 Å². The molecular formula is C14H20N2O5. The van der Waals surface area contributed by atoms with Crippen LogP contribution in [0.25, 0.3) is 0 Å². The molecule has 7 heteroatoms. The Balaban J connectivity index is 1.94. The molecule has 2 aliphatic rings. The number of piperidine rings is 1. The number of imide groups is 1. The fraction of sp³-hybridized carbons (Fsp3) is 0.714. The van der Waals surface area contributed by atoms with Crippen molar-refractivity contribution in [3.05, 3.63) is 0 Å². The molecule has 0 aromatic heterocycles. The Morgan fingerprint density at radius 1 is 1.10 bits per heavy atom. The Kier molecular flexibility index (Phi) is 4.59. The molecule has 0 aromatic carbocycles. The molecule has 1 heterocycles. The van der Waals surface area contributed by atoms with E-state index in [1.165, 1.54) is 0 Å². The molecule has 7 nitrogen and oxygen atoms in total. The lowest BCUT2D eigenvalue weighted by molar-refractivity contribution is -0.156. The zero-order valence-corrected chi connectivity index (χ0v) is 11.9. The van der Waals surface area contributed by atoms with Crippen LogP contribution < -0.4 is 5.32 Å². The molecule has 2 rings (SSSR count). The number of carbonyl (C=O) groups is 4. The minimum atomic E-state index is -1.17. The molecule has 3 amide bonds. The van der Waals surface area contributed by atoms with Gasteiger partial charge in [-0.05, 0) is 18.3 Å². The van der Waals surface area contributed by atoms with Gasteiger partial charge in [-0.1, -0.05) is 19.3 Å². The molecule has 116 valence electrons. The summed E-state index contributed by atoms with van der Waals surface area (Å²) in [6.07, 6.45) is 5.63. The number of carboxylic acids is 1.